The number of rotatable bonds is 5. The summed E-state index contributed by atoms with van der Waals surface area (Å²) < 4.78 is 0. The molecule has 106 valence electrons. The van der Waals surface area contributed by atoms with Crippen LogP contribution in [0.15, 0.2) is 24.3 Å². The number of urea groups is 1. The zero-order valence-corrected chi connectivity index (χ0v) is 11.4. The number of carbonyl (C=O) groups is 2. The molecule has 0 fully saturated rings. The fourth-order valence-electron chi connectivity index (χ4n) is 1.61. The van der Waals surface area contributed by atoms with Gasteiger partial charge in [0.05, 0.1) is 17.6 Å². The Kier molecular flexibility index (Phi) is 5.54. The lowest BCUT2D eigenvalue weighted by Gasteiger charge is -2.17. The van der Waals surface area contributed by atoms with E-state index < -0.39 is 17.9 Å². The van der Waals surface area contributed by atoms with E-state index in [0.717, 1.165) is 0 Å². The van der Waals surface area contributed by atoms with Crippen LogP contribution in [-0.2, 0) is 4.79 Å². The number of nitrogens with one attached hydrogen (secondary N) is 2. The van der Waals surface area contributed by atoms with Crippen LogP contribution in [0.1, 0.15) is 19.4 Å². The van der Waals surface area contributed by atoms with Crippen molar-refractivity contribution >= 4 is 17.7 Å². The molecule has 0 bridgehead atoms. The number of carbonyl (C=O) groups excluding carboxylic acids is 1. The Bertz CT molecular complexity index is 517. The van der Waals surface area contributed by atoms with Gasteiger partial charge in [-0.15, -0.1) is 0 Å². The second-order valence-corrected chi connectivity index (χ2v) is 4.71. The second kappa shape index (κ2) is 7.14. The largest absolute Gasteiger partial charge is 0.481 e. The van der Waals surface area contributed by atoms with Crippen molar-refractivity contribution in [3.8, 4) is 6.07 Å². The van der Waals surface area contributed by atoms with Crippen molar-refractivity contribution in [1.29, 1.82) is 5.26 Å². The van der Waals surface area contributed by atoms with E-state index in [2.05, 4.69) is 10.6 Å². The maximum absolute atomic E-state index is 11.6. The Morgan fingerprint density at radius 1 is 1.30 bits per heavy atom. The van der Waals surface area contributed by atoms with Crippen LogP contribution in [-0.4, -0.2) is 23.7 Å². The lowest BCUT2D eigenvalue weighted by molar-refractivity contribution is -0.142. The number of nitriles is 1. The first kappa shape index (κ1) is 15.5. The van der Waals surface area contributed by atoms with E-state index in [0.29, 0.717) is 11.3 Å². The van der Waals surface area contributed by atoms with E-state index >= 15 is 0 Å². The van der Waals surface area contributed by atoms with Crippen LogP contribution in [0.25, 0.3) is 0 Å². The van der Waals surface area contributed by atoms with Gasteiger partial charge in [-0.25, -0.2) is 4.79 Å². The number of nitrogens with zero attached hydrogens (tertiary/aromatic N) is 1. The molecular weight excluding hydrogens is 258 g/mol. The van der Waals surface area contributed by atoms with Crippen LogP contribution in [0.2, 0.25) is 0 Å². The van der Waals surface area contributed by atoms with Gasteiger partial charge in [0.2, 0.25) is 0 Å². The van der Waals surface area contributed by atoms with Crippen molar-refractivity contribution in [1.82, 2.24) is 5.32 Å². The van der Waals surface area contributed by atoms with Crippen molar-refractivity contribution in [3.05, 3.63) is 29.8 Å². The predicted octanol–water partition coefficient (Wildman–Crippen LogP) is 2.04. The molecule has 0 spiro atoms. The molecule has 2 amide bonds. The lowest BCUT2D eigenvalue weighted by Crippen LogP contribution is -2.37. The highest BCUT2D eigenvalue weighted by Crippen LogP contribution is 2.11. The van der Waals surface area contributed by atoms with Gasteiger partial charge in [-0.05, 0) is 30.2 Å². The van der Waals surface area contributed by atoms with Gasteiger partial charge < -0.3 is 15.7 Å². The average molecular weight is 275 g/mol. The number of hydrogen-bond acceptors (Lipinski definition) is 3. The maximum Gasteiger partial charge on any atom is 0.319 e. The molecule has 0 aliphatic carbocycles. The SMILES string of the molecule is CC(C)C(CNC(=O)Nc1ccc(C#N)cc1)C(=O)O. The monoisotopic (exact) mass is 275 g/mol. The maximum atomic E-state index is 11.6. The van der Waals surface area contributed by atoms with Gasteiger partial charge in [-0.3, -0.25) is 4.79 Å². The first-order chi connectivity index (χ1) is 9.43. The van der Waals surface area contributed by atoms with Crippen LogP contribution in [0.5, 0.6) is 0 Å². The Hall–Kier alpha value is -2.55. The number of anilines is 1. The summed E-state index contributed by atoms with van der Waals surface area (Å²) in [5, 5.41) is 22.8. The van der Waals surface area contributed by atoms with Gasteiger partial charge in [-0.1, -0.05) is 13.8 Å². The molecule has 6 nitrogen and oxygen atoms in total. The van der Waals surface area contributed by atoms with Crippen LogP contribution < -0.4 is 10.6 Å². The summed E-state index contributed by atoms with van der Waals surface area (Å²) in [6.07, 6.45) is 0. The van der Waals surface area contributed by atoms with Crippen LogP contribution >= 0.6 is 0 Å². The van der Waals surface area contributed by atoms with Crippen LogP contribution in [0.4, 0.5) is 10.5 Å². The highest BCUT2D eigenvalue weighted by Gasteiger charge is 2.21. The topological polar surface area (TPSA) is 102 Å². The van der Waals surface area contributed by atoms with E-state index in [1.807, 2.05) is 6.07 Å². The molecule has 0 saturated heterocycles. The zero-order valence-electron chi connectivity index (χ0n) is 11.4. The van der Waals surface area contributed by atoms with E-state index in [9.17, 15) is 9.59 Å². The number of hydrogen-bond donors (Lipinski definition) is 3. The summed E-state index contributed by atoms with van der Waals surface area (Å²) in [6.45, 7) is 3.65. The molecule has 0 radical (unpaired) electrons. The third-order valence-corrected chi connectivity index (χ3v) is 2.88. The average Bonchev–Trinajstić information content (AvgIpc) is 2.39. The molecule has 0 aromatic heterocycles. The standard InChI is InChI=1S/C14H17N3O3/c1-9(2)12(13(18)19)8-16-14(20)17-11-5-3-10(7-15)4-6-11/h3-6,9,12H,8H2,1-2H3,(H,18,19)(H2,16,17,20). The van der Waals surface area contributed by atoms with Crippen LogP contribution in [0.3, 0.4) is 0 Å². The quantitative estimate of drug-likeness (QED) is 0.765. The first-order valence-electron chi connectivity index (χ1n) is 6.22. The molecule has 1 rings (SSSR count). The summed E-state index contributed by atoms with van der Waals surface area (Å²) in [7, 11) is 0. The highest BCUT2D eigenvalue weighted by atomic mass is 16.4. The molecule has 0 saturated carbocycles. The lowest BCUT2D eigenvalue weighted by atomic mass is 9.96. The molecule has 0 aliphatic rings. The predicted molar refractivity (Wildman–Crippen MR) is 74.1 cm³/mol. The fraction of sp³-hybridized carbons (Fsp3) is 0.357. The van der Waals surface area contributed by atoms with Crippen molar-refractivity contribution in [2.75, 3.05) is 11.9 Å². The summed E-state index contributed by atoms with van der Waals surface area (Å²) >= 11 is 0. The molecule has 1 atom stereocenters. The van der Waals surface area contributed by atoms with Gasteiger partial charge in [0.25, 0.3) is 0 Å². The molecule has 1 aromatic carbocycles. The summed E-state index contributed by atoms with van der Waals surface area (Å²) in [5.74, 6) is -1.62. The van der Waals surface area contributed by atoms with Crippen molar-refractivity contribution < 1.29 is 14.7 Å². The Labute approximate surface area is 117 Å². The third kappa shape index (κ3) is 4.61. The molecule has 6 heteroatoms. The van der Waals surface area contributed by atoms with Gasteiger partial charge >= 0.3 is 12.0 Å². The number of amides is 2. The van der Waals surface area contributed by atoms with E-state index in [4.69, 9.17) is 10.4 Å². The van der Waals surface area contributed by atoms with Crippen molar-refractivity contribution in [3.63, 3.8) is 0 Å². The molecule has 20 heavy (non-hydrogen) atoms. The van der Waals surface area contributed by atoms with E-state index in [1.54, 1.807) is 38.1 Å². The minimum absolute atomic E-state index is 0.0646. The minimum Gasteiger partial charge on any atom is -0.481 e. The molecule has 0 heterocycles. The first-order valence-corrected chi connectivity index (χ1v) is 6.22. The fourth-order valence-corrected chi connectivity index (χ4v) is 1.61. The number of aliphatic carboxylic acids is 1. The van der Waals surface area contributed by atoms with Gasteiger partial charge in [0.1, 0.15) is 0 Å². The molecule has 3 N–H and O–H groups in total. The van der Waals surface area contributed by atoms with E-state index in [-0.39, 0.29) is 12.5 Å². The van der Waals surface area contributed by atoms with Gasteiger partial charge in [0, 0.05) is 12.2 Å². The normalized spacial score (nSPS) is 11.5. The van der Waals surface area contributed by atoms with E-state index in [1.165, 1.54) is 0 Å². The summed E-state index contributed by atoms with van der Waals surface area (Å²) in [4.78, 5) is 22.6. The Morgan fingerprint density at radius 2 is 1.90 bits per heavy atom. The third-order valence-electron chi connectivity index (χ3n) is 2.88. The Morgan fingerprint density at radius 3 is 2.35 bits per heavy atom. The molecule has 1 unspecified atom stereocenters. The summed E-state index contributed by atoms with van der Waals surface area (Å²) in [6, 6.07) is 7.90. The number of benzene rings is 1. The Balaban J connectivity index is 2.51. The van der Waals surface area contributed by atoms with Crippen molar-refractivity contribution in [2.24, 2.45) is 11.8 Å². The van der Waals surface area contributed by atoms with Gasteiger partial charge in [-0.2, -0.15) is 5.26 Å². The minimum atomic E-state index is -0.932. The molecular formula is C14H17N3O3. The summed E-state index contributed by atoms with van der Waals surface area (Å²) in [5.41, 5.74) is 1.04. The smallest absolute Gasteiger partial charge is 0.319 e. The van der Waals surface area contributed by atoms with Crippen LogP contribution in [0, 0.1) is 23.2 Å². The second-order valence-electron chi connectivity index (χ2n) is 4.71. The molecule has 0 aliphatic heterocycles. The van der Waals surface area contributed by atoms with Crippen molar-refractivity contribution in [2.45, 2.75) is 13.8 Å². The zero-order chi connectivity index (χ0) is 15.1. The number of carboxylic acid groups (broad SMARTS) is 1. The number of carboxylic acids is 1. The highest BCUT2D eigenvalue weighted by molar-refractivity contribution is 5.89. The molecule has 1 aromatic rings. The van der Waals surface area contributed by atoms with Gasteiger partial charge in [0.15, 0.2) is 0 Å².